The fourth-order valence-electron chi connectivity index (χ4n) is 4.95. The van der Waals surface area contributed by atoms with Crippen LogP contribution in [0.1, 0.15) is 89.5 Å². The summed E-state index contributed by atoms with van der Waals surface area (Å²) in [6.45, 7) is 4.53. The third-order valence-electron chi connectivity index (χ3n) is 6.58. The smallest absolute Gasteiger partial charge is 0.309 e. The van der Waals surface area contributed by atoms with Gasteiger partial charge >= 0.3 is 5.97 Å². The monoisotopic (exact) mass is 390 g/mol. The Bertz CT molecular complexity index is 637. The summed E-state index contributed by atoms with van der Waals surface area (Å²) in [5, 5.41) is 0. The van der Waals surface area contributed by atoms with Gasteiger partial charge in [0.15, 0.2) is 11.6 Å². The lowest BCUT2D eigenvalue weighted by molar-refractivity contribution is -0.164. The molecule has 156 valence electrons. The standard InChI is InChI=1S/C24H35FO3/c1-3-5-6-7-20-13-14-21(24(26)28-20)18-10-8-17(9-11-18)19-12-15-23(27-4-2)22(25)16-19/h12,15-18,20-21H,3-11,13-14H2,1-2H3. The van der Waals surface area contributed by atoms with Crippen LogP contribution in [0.15, 0.2) is 18.2 Å². The molecule has 1 saturated heterocycles. The van der Waals surface area contributed by atoms with Crippen molar-refractivity contribution in [3.8, 4) is 5.75 Å². The molecule has 1 saturated carbocycles. The van der Waals surface area contributed by atoms with E-state index >= 15 is 0 Å². The average molecular weight is 391 g/mol. The molecule has 2 unspecified atom stereocenters. The number of benzene rings is 1. The van der Waals surface area contributed by atoms with Crippen molar-refractivity contribution >= 4 is 5.97 Å². The van der Waals surface area contributed by atoms with Crippen molar-refractivity contribution in [3.05, 3.63) is 29.6 Å². The van der Waals surface area contributed by atoms with E-state index in [4.69, 9.17) is 9.47 Å². The Hall–Kier alpha value is -1.58. The predicted molar refractivity (Wildman–Crippen MR) is 109 cm³/mol. The quantitative estimate of drug-likeness (QED) is 0.380. The van der Waals surface area contributed by atoms with Gasteiger partial charge in [-0.05, 0) is 87.8 Å². The maximum absolute atomic E-state index is 14.2. The fourth-order valence-corrected chi connectivity index (χ4v) is 4.95. The van der Waals surface area contributed by atoms with Gasteiger partial charge in [-0.15, -0.1) is 0 Å². The highest BCUT2D eigenvalue weighted by Gasteiger charge is 2.37. The molecular weight excluding hydrogens is 355 g/mol. The van der Waals surface area contributed by atoms with E-state index in [-0.39, 0.29) is 23.8 Å². The number of carbonyl (C=O) groups is 1. The fraction of sp³-hybridized carbons (Fsp3) is 0.708. The van der Waals surface area contributed by atoms with E-state index in [1.165, 1.54) is 12.8 Å². The molecule has 1 aromatic carbocycles. The van der Waals surface area contributed by atoms with E-state index in [2.05, 4.69) is 6.92 Å². The summed E-state index contributed by atoms with van der Waals surface area (Å²) in [6, 6.07) is 5.37. The van der Waals surface area contributed by atoms with Crippen molar-refractivity contribution < 1.29 is 18.7 Å². The average Bonchev–Trinajstić information content (AvgIpc) is 2.70. The van der Waals surface area contributed by atoms with Crippen molar-refractivity contribution in [1.82, 2.24) is 0 Å². The molecule has 0 amide bonds. The van der Waals surface area contributed by atoms with Crippen molar-refractivity contribution in [2.45, 2.75) is 90.1 Å². The first-order valence-electron chi connectivity index (χ1n) is 11.2. The van der Waals surface area contributed by atoms with E-state index < -0.39 is 0 Å². The molecule has 4 heteroatoms. The lowest BCUT2D eigenvalue weighted by Gasteiger charge is -2.37. The van der Waals surface area contributed by atoms with E-state index in [1.807, 2.05) is 13.0 Å². The van der Waals surface area contributed by atoms with E-state index in [0.717, 1.165) is 56.9 Å². The number of rotatable bonds is 8. The third kappa shape index (κ3) is 5.27. The number of cyclic esters (lactones) is 1. The molecule has 0 aromatic heterocycles. The second-order valence-electron chi connectivity index (χ2n) is 8.47. The van der Waals surface area contributed by atoms with E-state index in [1.54, 1.807) is 12.1 Å². The van der Waals surface area contributed by atoms with Crippen LogP contribution in [0.5, 0.6) is 5.75 Å². The Kier molecular flexibility index (Phi) is 7.75. The molecular formula is C24H35FO3. The van der Waals surface area contributed by atoms with Crippen molar-refractivity contribution in [1.29, 1.82) is 0 Å². The molecule has 0 N–H and O–H groups in total. The van der Waals surface area contributed by atoms with Gasteiger partial charge < -0.3 is 9.47 Å². The zero-order valence-electron chi connectivity index (χ0n) is 17.4. The van der Waals surface area contributed by atoms with Gasteiger partial charge in [-0.1, -0.05) is 25.8 Å². The SMILES string of the molecule is CCCCCC1CCC(C2CCC(c3ccc(OCC)c(F)c3)CC2)C(=O)O1. The van der Waals surface area contributed by atoms with Crippen LogP contribution < -0.4 is 4.74 Å². The molecule has 0 radical (unpaired) electrons. The Balaban J connectivity index is 1.49. The third-order valence-corrected chi connectivity index (χ3v) is 6.58. The molecule has 2 aliphatic rings. The minimum absolute atomic E-state index is 0.0308. The number of esters is 1. The van der Waals surface area contributed by atoms with Crippen LogP contribution >= 0.6 is 0 Å². The zero-order chi connectivity index (χ0) is 19.9. The van der Waals surface area contributed by atoms with Gasteiger partial charge in [0.25, 0.3) is 0 Å². The van der Waals surface area contributed by atoms with E-state index in [9.17, 15) is 9.18 Å². The minimum atomic E-state index is -0.272. The molecule has 1 aromatic rings. The van der Waals surface area contributed by atoms with Crippen LogP contribution in [0, 0.1) is 17.7 Å². The summed E-state index contributed by atoms with van der Waals surface area (Å²) in [5.41, 5.74) is 1.06. The maximum atomic E-state index is 14.2. The van der Waals surface area contributed by atoms with Gasteiger partial charge in [-0.3, -0.25) is 4.79 Å². The van der Waals surface area contributed by atoms with Crippen molar-refractivity contribution in [3.63, 3.8) is 0 Å². The molecule has 0 bridgehead atoms. The summed E-state index contributed by atoms with van der Waals surface area (Å²) in [7, 11) is 0. The highest BCUT2D eigenvalue weighted by atomic mass is 19.1. The summed E-state index contributed by atoms with van der Waals surface area (Å²) < 4.78 is 25.2. The Morgan fingerprint density at radius 1 is 1.07 bits per heavy atom. The molecule has 2 fully saturated rings. The van der Waals surface area contributed by atoms with Crippen LogP contribution in [-0.4, -0.2) is 18.7 Å². The highest BCUT2D eigenvalue weighted by molar-refractivity contribution is 5.73. The first-order chi connectivity index (χ1) is 13.6. The molecule has 0 spiro atoms. The van der Waals surface area contributed by atoms with Gasteiger partial charge in [-0.2, -0.15) is 0 Å². The second-order valence-corrected chi connectivity index (χ2v) is 8.47. The number of halogens is 1. The topological polar surface area (TPSA) is 35.5 Å². The van der Waals surface area contributed by atoms with E-state index in [0.29, 0.717) is 24.2 Å². The first-order valence-corrected chi connectivity index (χ1v) is 11.2. The molecule has 3 rings (SSSR count). The molecule has 2 atom stereocenters. The molecule has 28 heavy (non-hydrogen) atoms. The van der Waals surface area contributed by atoms with Crippen LogP contribution in [-0.2, 0) is 9.53 Å². The number of carbonyl (C=O) groups excluding carboxylic acids is 1. The Morgan fingerprint density at radius 3 is 2.50 bits per heavy atom. The number of ether oxygens (including phenoxy) is 2. The van der Waals surface area contributed by atoms with Crippen molar-refractivity contribution in [2.75, 3.05) is 6.61 Å². The van der Waals surface area contributed by atoms with Gasteiger partial charge in [0.05, 0.1) is 12.5 Å². The van der Waals surface area contributed by atoms with Crippen LogP contribution in [0.3, 0.4) is 0 Å². The summed E-state index contributed by atoms with van der Waals surface area (Å²) in [4.78, 5) is 12.5. The highest BCUT2D eigenvalue weighted by Crippen LogP contribution is 2.42. The lowest BCUT2D eigenvalue weighted by Crippen LogP contribution is -2.36. The molecule has 3 nitrogen and oxygen atoms in total. The van der Waals surface area contributed by atoms with Gasteiger partial charge in [-0.25, -0.2) is 4.39 Å². The van der Waals surface area contributed by atoms with Gasteiger partial charge in [0.2, 0.25) is 0 Å². The summed E-state index contributed by atoms with van der Waals surface area (Å²) >= 11 is 0. The van der Waals surface area contributed by atoms with Crippen LogP contribution in [0.25, 0.3) is 0 Å². The molecule has 1 aliphatic carbocycles. The summed E-state index contributed by atoms with van der Waals surface area (Å²) in [6.07, 6.45) is 10.8. The lowest BCUT2D eigenvalue weighted by atomic mass is 9.72. The van der Waals surface area contributed by atoms with Crippen LogP contribution in [0.2, 0.25) is 0 Å². The predicted octanol–water partition coefficient (Wildman–Crippen LogP) is 6.40. The zero-order valence-corrected chi connectivity index (χ0v) is 17.4. The van der Waals surface area contributed by atoms with Gasteiger partial charge in [0.1, 0.15) is 6.10 Å². The number of unbranched alkanes of at least 4 members (excludes halogenated alkanes) is 2. The molecule has 1 aliphatic heterocycles. The van der Waals surface area contributed by atoms with Crippen molar-refractivity contribution in [2.24, 2.45) is 11.8 Å². The number of hydrogen-bond acceptors (Lipinski definition) is 3. The normalized spacial score (nSPS) is 28.0. The Morgan fingerprint density at radius 2 is 1.86 bits per heavy atom. The molecule has 1 heterocycles. The number of hydrogen-bond donors (Lipinski definition) is 0. The maximum Gasteiger partial charge on any atom is 0.309 e. The van der Waals surface area contributed by atoms with Gasteiger partial charge in [0, 0.05) is 0 Å². The largest absolute Gasteiger partial charge is 0.491 e. The summed E-state index contributed by atoms with van der Waals surface area (Å²) in [5.74, 6) is 0.962. The second kappa shape index (κ2) is 10.3. The first kappa shape index (κ1) is 21.1. The van der Waals surface area contributed by atoms with Crippen LogP contribution in [0.4, 0.5) is 4.39 Å². The minimum Gasteiger partial charge on any atom is -0.491 e. The Labute approximate surface area is 169 Å².